The quantitative estimate of drug-likeness (QED) is 0.379. The second-order valence-corrected chi connectivity index (χ2v) is 3.96. The maximum absolute atomic E-state index is 11.6. The van der Waals surface area contributed by atoms with Crippen molar-refractivity contribution >= 4 is 29.3 Å². The molecule has 90 valence electrons. The number of carbonyl (C=O) groups excluding carboxylic acids is 3. The van der Waals surface area contributed by atoms with Gasteiger partial charge in [0.1, 0.15) is 0 Å². The average molecular weight is 250 g/mol. The van der Waals surface area contributed by atoms with Gasteiger partial charge in [0, 0.05) is 19.2 Å². The SMILES string of the molecule is CC(=O)OC1C(=O)CC(CO)(CCl)NC1=O. The molecule has 1 heterocycles. The van der Waals surface area contributed by atoms with E-state index in [1.165, 1.54) is 0 Å². The summed E-state index contributed by atoms with van der Waals surface area (Å²) in [7, 11) is 0. The summed E-state index contributed by atoms with van der Waals surface area (Å²) in [6, 6.07) is 0. The highest BCUT2D eigenvalue weighted by Crippen LogP contribution is 2.20. The zero-order valence-electron chi connectivity index (χ0n) is 8.66. The number of hydrogen-bond acceptors (Lipinski definition) is 5. The highest BCUT2D eigenvalue weighted by atomic mass is 35.5. The fourth-order valence-electron chi connectivity index (χ4n) is 1.45. The lowest BCUT2D eigenvalue weighted by Crippen LogP contribution is -2.63. The maximum atomic E-state index is 11.6. The van der Waals surface area contributed by atoms with Crippen LogP contribution in [0.1, 0.15) is 13.3 Å². The Hall–Kier alpha value is -1.14. The predicted molar refractivity (Wildman–Crippen MR) is 53.9 cm³/mol. The first-order valence-electron chi connectivity index (χ1n) is 4.63. The second kappa shape index (κ2) is 4.80. The van der Waals surface area contributed by atoms with E-state index < -0.39 is 35.9 Å². The van der Waals surface area contributed by atoms with Crippen molar-refractivity contribution in [3.63, 3.8) is 0 Å². The smallest absolute Gasteiger partial charge is 0.303 e. The van der Waals surface area contributed by atoms with E-state index in [-0.39, 0.29) is 12.3 Å². The number of carbonyl (C=O) groups is 3. The van der Waals surface area contributed by atoms with Crippen LogP contribution in [0.5, 0.6) is 0 Å². The van der Waals surface area contributed by atoms with Crippen molar-refractivity contribution in [1.29, 1.82) is 0 Å². The number of piperidine rings is 1. The molecule has 6 nitrogen and oxygen atoms in total. The second-order valence-electron chi connectivity index (χ2n) is 3.69. The zero-order chi connectivity index (χ0) is 12.3. The van der Waals surface area contributed by atoms with Gasteiger partial charge >= 0.3 is 5.97 Å². The molecule has 16 heavy (non-hydrogen) atoms. The Balaban J connectivity index is 2.82. The van der Waals surface area contributed by atoms with Crippen molar-refractivity contribution in [1.82, 2.24) is 5.32 Å². The number of ketones is 1. The summed E-state index contributed by atoms with van der Waals surface area (Å²) in [5.74, 6) is -2.11. The molecule has 1 amide bonds. The van der Waals surface area contributed by atoms with E-state index in [0.29, 0.717) is 0 Å². The lowest BCUT2D eigenvalue weighted by atomic mass is 9.89. The Morgan fingerprint density at radius 3 is 2.69 bits per heavy atom. The number of alkyl halides is 1. The van der Waals surface area contributed by atoms with Gasteiger partial charge in [-0.15, -0.1) is 11.6 Å². The molecule has 2 N–H and O–H groups in total. The molecule has 0 radical (unpaired) electrons. The Morgan fingerprint density at radius 2 is 2.31 bits per heavy atom. The summed E-state index contributed by atoms with van der Waals surface area (Å²) in [5.41, 5.74) is -1.15. The third-order valence-corrected chi connectivity index (χ3v) is 2.79. The van der Waals surface area contributed by atoms with E-state index in [9.17, 15) is 14.4 Å². The molecule has 0 aliphatic carbocycles. The van der Waals surface area contributed by atoms with Crippen LogP contribution in [0.15, 0.2) is 0 Å². The Kier molecular flexibility index (Phi) is 3.88. The van der Waals surface area contributed by atoms with Crippen LogP contribution in [0.25, 0.3) is 0 Å². The third kappa shape index (κ3) is 2.51. The highest BCUT2D eigenvalue weighted by Gasteiger charge is 2.45. The van der Waals surface area contributed by atoms with Crippen molar-refractivity contribution in [2.75, 3.05) is 12.5 Å². The van der Waals surface area contributed by atoms with Crippen molar-refractivity contribution in [2.45, 2.75) is 25.0 Å². The molecule has 1 fully saturated rings. The summed E-state index contributed by atoms with van der Waals surface area (Å²) < 4.78 is 4.57. The van der Waals surface area contributed by atoms with Crippen LogP contribution in [-0.2, 0) is 19.1 Å². The monoisotopic (exact) mass is 249 g/mol. The molecule has 0 aromatic rings. The van der Waals surface area contributed by atoms with Crippen molar-refractivity contribution < 1.29 is 24.2 Å². The molecule has 2 unspecified atom stereocenters. The summed E-state index contributed by atoms with van der Waals surface area (Å²) in [6.07, 6.45) is -1.59. The van der Waals surface area contributed by atoms with Crippen LogP contribution in [0.3, 0.4) is 0 Å². The van der Waals surface area contributed by atoms with Gasteiger partial charge in [0.2, 0.25) is 6.10 Å². The molecule has 0 saturated carbocycles. The van der Waals surface area contributed by atoms with Crippen LogP contribution >= 0.6 is 11.6 Å². The average Bonchev–Trinajstić information content (AvgIpc) is 2.23. The molecular weight excluding hydrogens is 238 g/mol. The van der Waals surface area contributed by atoms with Crippen LogP contribution in [-0.4, -0.2) is 46.9 Å². The van der Waals surface area contributed by atoms with E-state index in [2.05, 4.69) is 10.1 Å². The number of halogens is 1. The molecule has 0 aromatic heterocycles. The summed E-state index contributed by atoms with van der Waals surface area (Å²) in [6.45, 7) is 0.663. The standard InChI is InChI=1S/C9H12ClNO5/c1-5(13)16-7-6(14)2-9(3-10,4-12)11-8(7)15/h7,12H,2-4H2,1H3,(H,11,15). The number of rotatable bonds is 3. The minimum Gasteiger partial charge on any atom is -0.444 e. The molecule has 7 heteroatoms. The maximum Gasteiger partial charge on any atom is 0.303 e. The summed E-state index contributed by atoms with van der Waals surface area (Å²) >= 11 is 5.59. The van der Waals surface area contributed by atoms with Gasteiger partial charge < -0.3 is 15.2 Å². The number of esters is 1. The largest absolute Gasteiger partial charge is 0.444 e. The number of aliphatic hydroxyl groups is 1. The van der Waals surface area contributed by atoms with Gasteiger partial charge in [0.05, 0.1) is 12.1 Å². The van der Waals surface area contributed by atoms with Gasteiger partial charge in [-0.3, -0.25) is 14.4 Å². The van der Waals surface area contributed by atoms with Gasteiger partial charge in [0.15, 0.2) is 5.78 Å². The zero-order valence-corrected chi connectivity index (χ0v) is 9.41. The van der Waals surface area contributed by atoms with Crippen molar-refractivity contribution in [3.8, 4) is 0 Å². The van der Waals surface area contributed by atoms with Gasteiger partial charge in [-0.1, -0.05) is 0 Å². The molecular formula is C9H12ClNO5. The lowest BCUT2D eigenvalue weighted by molar-refractivity contribution is -0.163. The number of hydrogen-bond donors (Lipinski definition) is 2. The molecule has 1 rings (SSSR count). The highest BCUT2D eigenvalue weighted by molar-refractivity contribution is 6.20. The number of aliphatic hydroxyl groups excluding tert-OH is 1. The summed E-state index contributed by atoms with van der Waals surface area (Å²) in [5, 5.41) is 11.5. The fraction of sp³-hybridized carbons (Fsp3) is 0.667. The minimum absolute atomic E-state index is 0.0895. The van der Waals surface area contributed by atoms with Crippen LogP contribution in [0.2, 0.25) is 0 Å². The molecule has 2 atom stereocenters. The van der Waals surface area contributed by atoms with Crippen LogP contribution in [0, 0.1) is 0 Å². The van der Waals surface area contributed by atoms with E-state index in [1.807, 2.05) is 0 Å². The third-order valence-electron chi connectivity index (χ3n) is 2.27. The first-order valence-corrected chi connectivity index (χ1v) is 5.16. The van der Waals surface area contributed by atoms with E-state index in [4.69, 9.17) is 16.7 Å². The molecule has 1 aliphatic heterocycles. The first kappa shape index (κ1) is 12.9. The molecule has 1 saturated heterocycles. The van der Waals surface area contributed by atoms with E-state index in [1.54, 1.807) is 0 Å². The number of ether oxygens (including phenoxy) is 1. The van der Waals surface area contributed by atoms with Crippen molar-refractivity contribution in [2.24, 2.45) is 0 Å². The summed E-state index contributed by atoms with van der Waals surface area (Å²) in [4.78, 5) is 33.7. The van der Waals surface area contributed by atoms with Crippen molar-refractivity contribution in [3.05, 3.63) is 0 Å². The number of Topliss-reactive ketones (excluding diaryl/α,β-unsaturated/α-hetero) is 1. The van der Waals surface area contributed by atoms with E-state index in [0.717, 1.165) is 6.92 Å². The topological polar surface area (TPSA) is 92.7 Å². The molecule has 0 aromatic carbocycles. The van der Waals surface area contributed by atoms with Crippen LogP contribution in [0.4, 0.5) is 0 Å². The van der Waals surface area contributed by atoms with Gasteiger partial charge in [-0.05, 0) is 0 Å². The van der Waals surface area contributed by atoms with Crippen LogP contribution < -0.4 is 5.32 Å². The Bertz CT molecular complexity index is 306. The number of amides is 1. The minimum atomic E-state index is -1.43. The normalized spacial score (nSPS) is 29.8. The molecule has 0 spiro atoms. The lowest BCUT2D eigenvalue weighted by Gasteiger charge is -2.36. The van der Waals surface area contributed by atoms with Gasteiger partial charge in [0.25, 0.3) is 5.91 Å². The number of nitrogens with one attached hydrogen (secondary N) is 1. The van der Waals surface area contributed by atoms with E-state index >= 15 is 0 Å². The van der Waals surface area contributed by atoms with Gasteiger partial charge in [-0.2, -0.15) is 0 Å². The molecule has 1 aliphatic rings. The Morgan fingerprint density at radius 1 is 1.69 bits per heavy atom. The first-order chi connectivity index (χ1) is 7.44. The predicted octanol–water partition coefficient (Wildman–Crippen LogP) is -1.02. The Labute approximate surface area is 96.9 Å². The van der Waals surface area contributed by atoms with Gasteiger partial charge in [-0.25, -0.2) is 0 Å². The fourth-order valence-corrected chi connectivity index (χ4v) is 1.69. The molecule has 0 bridgehead atoms.